The molecule has 1 aromatic heterocycles. The molecule has 0 bridgehead atoms. The first kappa shape index (κ1) is 18.8. The maximum atomic E-state index is 12.9. The lowest BCUT2D eigenvalue weighted by Gasteiger charge is -2.38. The lowest BCUT2D eigenvalue weighted by molar-refractivity contribution is -0.789. The highest BCUT2D eigenvalue weighted by atomic mass is 32.1. The fourth-order valence-electron chi connectivity index (χ4n) is 4.27. The Morgan fingerprint density at radius 2 is 1.93 bits per heavy atom. The number of anilines is 1. The molecule has 6 nitrogen and oxygen atoms in total. The number of rotatable bonds is 2. The summed E-state index contributed by atoms with van der Waals surface area (Å²) in [5.41, 5.74) is 1.97. The minimum Gasteiger partial charge on any atom is -0.486 e. The predicted molar refractivity (Wildman–Crippen MR) is 107 cm³/mol. The average molecular weight is 399 g/mol. The van der Waals surface area contributed by atoms with E-state index in [4.69, 9.17) is 9.47 Å². The molecule has 146 valence electrons. The fourth-order valence-corrected chi connectivity index (χ4v) is 5.51. The number of ether oxygens (including phenoxy) is 2. The molecule has 3 N–H and O–H groups in total. The van der Waals surface area contributed by atoms with Gasteiger partial charge in [-0.05, 0) is 51.5 Å². The third-order valence-corrected chi connectivity index (χ3v) is 6.61. The third kappa shape index (κ3) is 3.23. The number of hydrogen-bond donors (Lipinski definition) is 2. The van der Waals surface area contributed by atoms with Crippen LogP contribution >= 0.6 is 11.3 Å². The standard InChI is InChI=1S/C21H23N3O3S/c1-20(2)10-13-14(11-22)19(28-17(13)21(3,4)24-20)23-18(25)12-5-6-15-16(9-12)27-8-7-26-15/h5-6,9,24H,7-8,10H2,1-4H3,(H,23,25)/p+1. The summed E-state index contributed by atoms with van der Waals surface area (Å²) in [5, 5.41) is 15.7. The molecular formula is C21H24N3O3S+. The molecule has 0 radical (unpaired) electrons. The molecule has 2 aromatic rings. The molecule has 4 rings (SSSR count). The van der Waals surface area contributed by atoms with Crippen molar-refractivity contribution in [3.63, 3.8) is 0 Å². The number of nitrogens with two attached hydrogens (primary N) is 1. The number of carbonyl (C=O) groups excluding carboxylic acids is 1. The van der Waals surface area contributed by atoms with Crippen LogP contribution in [0.15, 0.2) is 18.2 Å². The summed E-state index contributed by atoms with van der Waals surface area (Å²) in [6, 6.07) is 7.46. The van der Waals surface area contributed by atoms with Gasteiger partial charge in [0.15, 0.2) is 11.5 Å². The summed E-state index contributed by atoms with van der Waals surface area (Å²) >= 11 is 1.50. The Labute approximate surface area is 168 Å². The zero-order valence-electron chi connectivity index (χ0n) is 16.5. The molecule has 2 aliphatic heterocycles. The minimum absolute atomic E-state index is 0.000282. The van der Waals surface area contributed by atoms with E-state index in [0.29, 0.717) is 40.8 Å². The Hall–Kier alpha value is -2.56. The Bertz CT molecular complexity index is 1000. The van der Waals surface area contributed by atoms with E-state index in [2.05, 4.69) is 44.4 Å². The smallest absolute Gasteiger partial charge is 0.256 e. The molecule has 0 saturated carbocycles. The summed E-state index contributed by atoms with van der Waals surface area (Å²) in [5.74, 6) is 0.960. The van der Waals surface area contributed by atoms with Crippen LogP contribution in [0.2, 0.25) is 0 Å². The Morgan fingerprint density at radius 3 is 2.64 bits per heavy atom. The van der Waals surface area contributed by atoms with Crippen LogP contribution in [-0.4, -0.2) is 24.7 Å². The van der Waals surface area contributed by atoms with Gasteiger partial charge in [-0.15, -0.1) is 11.3 Å². The number of thiophene rings is 1. The Kier molecular flexibility index (Phi) is 4.36. The minimum atomic E-state index is -0.256. The maximum absolute atomic E-state index is 12.9. The van der Waals surface area contributed by atoms with Crippen molar-refractivity contribution in [1.29, 1.82) is 5.26 Å². The number of hydrogen-bond acceptors (Lipinski definition) is 5. The molecule has 2 aliphatic rings. The summed E-state index contributed by atoms with van der Waals surface area (Å²) in [6.07, 6.45) is 0.797. The van der Waals surface area contributed by atoms with Crippen LogP contribution in [0, 0.1) is 11.3 Å². The fraction of sp³-hybridized carbons (Fsp3) is 0.429. The normalized spacial score (nSPS) is 18.7. The molecule has 0 unspecified atom stereocenters. The molecule has 0 aliphatic carbocycles. The van der Waals surface area contributed by atoms with Crippen molar-refractivity contribution >= 4 is 22.2 Å². The first-order valence-electron chi connectivity index (χ1n) is 9.34. The van der Waals surface area contributed by atoms with Gasteiger partial charge in [-0.3, -0.25) is 4.79 Å². The first-order chi connectivity index (χ1) is 13.2. The van der Waals surface area contributed by atoms with Crippen LogP contribution in [-0.2, 0) is 12.0 Å². The quantitative estimate of drug-likeness (QED) is 0.814. The van der Waals surface area contributed by atoms with Crippen molar-refractivity contribution in [2.75, 3.05) is 18.5 Å². The average Bonchev–Trinajstić information content (AvgIpc) is 2.97. The van der Waals surface area contributed by atoms with Gasteiger partial charge >= 0.3 is 0 Å². The van der Waals surface area contributed by atoms with E-state index in [0.717, 1.165) is 16.9 Å². The summed E-state index contributed by atoms with van der Waals surface area (Å²) < 4.78 is 11.1. The van der Waals surface area contributed by atoms with Crippen molar-refractivity contribution in [3.05, 3.63) is 39.8 Å². The van der Waals surface area contributed by atoms with E-state index in [1.165, 1.54) is 11.3 Å². The highest BCUT2D eigenvalue weighted by molar-refractivity contribution is 7.16. The second-order valence-corrected chi connectivity index (χ2v) is 9.59. The number of carbonyl (C=O) groups is 1. The first-order valence-corrected chi connectivity index (χ1v) is 10.2. The van der Waals surface area contributed by atoms with Crippen LogP contribution in [0.1, 0.15) is 54.1 Å². The van der Waals surface area contributed by atoms with E-state index in [-0.39, 0.29) is 17.0 Å². The second kappa shape index (κ2) is 6.50. The summed E-state index contributed by atoms with van der Waals surface area (Å²) in [6.45, 7) is 9.67. The number of nitrogens with zero attached hydrogens (tertiary/aromatic N) is 1. The monoisotopic (exact) mass is 398 g/mol. The van der Waals surface area contributed by atoms with E-state index in [9.17, 15) is 10.1 Å². The van der Waals surface area contributed by atoms with Crippen LogP contribution in [0.5, 0.6) is 11.5 Å². The van der Waals surface area contributed by atoms with Crippen molar-refractivity contribution in [2.45, 2.75) is 45.2 Å². The Morgan fingerprint density at radius 1 is 1.21 bits per heavy atom. The largest absolute Gasteiger partial charge is 0.486 e. The van der Waals surface area contributed by atoms with Crippen LogP contribution in [0.25, 0.3) is 0 Å². The van der Waals surface area contributed by atoms with E-state index in [1.807, 2.05) is 0 Å². The molecule has 3 heterocycles. The number of fused-ring (bicyclic) bond motifs is 2. The van der Waals surface area contributed by atoms with Gasteiger partial charge in [0, 0.05) is 12.0 Å². The molecule has 0 spiro atoms. The van der Waals surface area contributed by atoms with Crippen molar-refractivity contribution in [1.82, 2.24) is 0 Å². The van der Waals surface area contributed by atoms with Gasteiger partial charge < -0.3 is 20.1 Å². The zero-order valence-corrected chi connectivity index (χ0v) is 17.3. The molecule has 0 atom stereocenters. The van der Waals surface area contributed by atoms with Gasteiger partial charge in [0.1, 0.15) is 29.8 Å². The third-order valence-electron chi connectivity index (χ3n) is 5.12. The van der Waals surface area contributed by atoms with Gasteiger partial charge in [0.05, 0.1) is 16.0 Å². The highest BCUT2D eigenvalue weighted by Crippen LogP contribution is 2.42. The van der Waals surface area contributed by atoms with E-state index < -0.39 is 0 Å². The SMILES string of the molecule is CC1(C)Cc2c(sc(NC(=O)c3ccc4c(c3)OCCO4)c2C#N)C(C)(C)[NH2+]1. The number of benzene rings is 1. The van der Waals surface area contributed by atoms with Gasteiger partial charge in [0.25, 0.3) is 5.91 Å². The number of amides is 1. The lowest BCUT2D eigenvalue weighted by atomic mass is 9.81. The van der Waals surface area contributed by atoms with Gasteiger partial charge in [-0.25, -0.2) is 0 Å². The number of nitrogens with one attached hydrogen (secondary N) is 1. The molecular weight excluding hydrogens is 374 g/mol. The molecule has 28 heavy (non-hydrogen) atoms. The highest BCUT2D eigenvalue weighted by Gasteiger charge is 2.44. The molecule has 1 amide bonds. The van der Waals surface area contributed by atoms with Gasteiger partial charge in [-0.1, -0.05) is 0 Å². The molecule has 0 fully saturated rings. The summed E-state index contributed by atoms with van der Waals surface area (Å²) in [4.78, 5) is 14.0. The molecule has 0 saturated heterocycles. The molecule has 1 aromatic carbocycles. The van der Waals surface area contributed by atoms with Crippen LogP contribution in [0.3, 0.4) is 0 Å². The van der Waals surface area contributed by atoms with Gasteiger partial charge in [-0.2, -0.15) is 5.26 Å². The topological polar surface area (TPSA) is 88.0 Å². The maximum Gasteiger partial charge on any atom is 0.256 e. The predicted octanol–water partition coefficient (Wildman–Crippen LogP) is 2.78. The second-order valence-electron chi connectivity index (χ2n) is 8.57. The van der Waals surface area contributed by atoms with Crippen LogP contribution < -0.4 is 20.1 Å². The zero-order chi connectivity index (χ0) is 20.1. The van der Waals surface area contributed by atoms with Crippen molar-refractivity contribution in [3.8, 4) is 17.6 Å². The number of quaternary nitrogens is 1. The van der Waals surface area contributed by atoms with E-state index in [1.54, 1.807) is 18.2 Å². The van der Waals surface area contributed by atoms with Gasteiger partial charge in [0.2, 0.25) is 0 Å². The van der Waals surface area contributed by atoms with Crippen molar-refractivity contribution < 1.29 is 19.6 Å². The van der Waals surface area contributed by atoms with Crippen LogP contribution in [0.4, 0.5) is 5.00 Å². The number of nitriles is 1. The summed E-state index contributed by atoms with van der Waals surface area (Å²) in [7, 11) is 0. The molecule has 7 heteroatoms. The Balaban J connectivity index is 1.67. The van der Waals surface area contributed by atoms with Crippen molar-refractivity contribution in [2.24, 2.45) is 0 Å². The lowest BCUT2D eigenvalue weighted by Crippen LogP contribution is -3.03. The van der Waals surface area contributed by atoms with E-state index >= 15 is 0 Å².